The van der Waals surface area contributed by atoms with E-state index >= 15 is 0 Å². The lowest BCUT2D eigenvalue weighted by Gasteiger charge is -2.11. The maximum absolute atomic E-state index is 12.8. The number of amides is 1. The van der Waals surface area contributed by atoms with Crippen LogP contribution in [0.3, 0.4) is 0 Å². The molecule has 0 radical (unpaired) electrons. The highest BCUT2D eigenvalue weighted by atomic mass is 35.5. The van der Waals surface area contributed by atoms with Gasteiger partial charge in [0, 0.05) is 10.9 Å². The van der Waals surface area contributed by atoms with Gasteiger partial charge < -0.3 is 14.8 Å². The van der Waals surface area contributed by atoms with E-state index in [2.05, 4.69) is 10.3 Å². The number of hydrogen-bond donors (Lipinski definition) is 1. The number of thiazole rings is 1. The van der Waals surface area contributed by atoms with Crippen LogP contribution >= 0.6 is 34.7 Å². The van der Waals surface area contributed by atoms with E-state index in [1.165, 1.54) is 23.5 Å². The van der Waals surface area contributed by atoms with Crippen LogP contribution in [0.25, 0.3) is 10.6 Å². The average molecular weight is 471 g/mol. The van der Waals surface area contributed by atoms with Crippen molar-refractivity contribution >= 4 is 46.3 Å². The molecule has 10 heteroatoms. The lowest BCUT2D eigenvalue weighted by atomic mass is 10.2. The fourth-order valence-electron chi connectivity index (χ4n) is 2.67. The minimum Gasteiger partial charge on any atom is -0.493 e. The first-order valence-corrected chi connectivity index (χ1v) is 10.7. The number of rotatable bonds is 8. The topological polar surface area (TPSA) is 60.5 Å². The molecule has 0 aliphatic carbocycles. The monoisotopic (exact) mass is 470 g/mol. The maximum atomic E-state index is 12.8. The molecule has 0 fully saturated rings. The van der Waals surface area contributed by atoms with Gasteiger partial charge in [0.2, 0.25) is 5.91 Å². The van der Waals surface area contributed by atoms with Gasteiger partial charge in [-0.15, -0.1) is 11.3 Å². The zero-order chi connectivity index (χ0) is 21.7. The Kier molecular flexibility index (Phi) is 7.52. The number of aromatic nitrogens is 1. The molecule has 0 unspecified atom stereocenters. The summed E-state index contributed by atoms with van der Waals surface area (Å²) < 4.78 is 36.1. The van der Waals surface area contributed by atoms with E-state index in [4.69, 9.17) is 21.1 Å². The van der Waals surface area contributed by atoms with Crippen LogP contribution in [0.4, 0.5) is 14.5 Å². The number of halogens is 3. The zero-order valence-corrected chi connectivity index (χ0v) is 18.3. The van der Waals surface area contributed by atoms with E-state index in [1.807, 2.05) is 6.07 Å². The molecule has 5 nitrogen and oxygen atoms in total. The summed E-state index contributed by atoms with van der Waals surface area (Å²) in [4.78, 5) is 17.1. The standard InChI is InChI=1S/C20H17ClF2N2O3S2/c1-27-15-7-6-11(8-16(15)28-2)19-24-12(10-29-19)9-17(26)25-14-5-3-4-13(21)18(14)30-20(22)23/h3-8,10,20H,9H2,1-2H3,(H,25,26). The number of nitrogens with one attached hydrogen (secondary N) is 1. The van der Waals surface area contributed by atoms with Crippen LogP contribution in [0, 0.1) is 0 Å². The van der Waals surface area contributed by atoms with E-state index in [1.54, 1.807) is 37.8 Å². The fourth-order valence-corrected chi connectivity index (χ4v) is 4.39. The van der Waals surface area contributed by atoms with E-state index in [0.29, 0.717) is 29.0 Å². The number of methoxy groups -OCH3 is 2. The van der Waals surface area contributed by atoms with Gasteiger partial charge in [-0.05, 0) is 30.3 Å². The molecule has 0 saturated heterocycles. The predicted molar refractivity (Wildman–Crippen MR) is 116 cm³/mol. The normalized spacial score (nSPS) is 10.9. The van der Waals surface area contributed by atoms with E-state index in [0.717, 1.165) is 10.6 Å². The number of carbonyl (C=O) groups is 1. The van der Waals surface area contributed by atoms with Crippen LogP contribution < -0.4 is 14.8 Å². The summed E-state index contributed by atoms with van der Waals surface area (Å²) in [6.45, 7) is 0. The third kappa shape index (κ3) is 5.41. The average Bonchev–Trinajstić information content (AvgIpc) is 3.18. The van der Waals surface area contributed by atoms with Gasteiger partial charge in [-0.2, -0.15) is 8.78 Å². The number of benzene rings is 2. The Hall–Kier alpha value is -2.36. The summed E-state index contributed by atoms with van der Waals surface area (Å²) in [7, 11) is 3.11. The number of anilines is 1. The first-order chi connectivity index (χ1) is 14.4. The van der Waals surface area contributed by atoms with Crippen LogP contribution in [0.5, 0.6) is 11.5 Å². The van der Waals surface area contributed by atoms with Crippen LogP contribution in [0.1, 0.15) is 5.69 Å². The summed E-state index contributed by atoms with van der Waals surface area (Å²) >= 11 is 7.68. The second kappa shape index (κ2) is 10.1. The Bertz CT molecular complexity index is 1050. The van der Waals surface area contributed by atoms with Crippen molar-refractivity contribution in [3.05, 3.63) is 52.5 Å². The molecule has 1 N–H and O–H groups in total. The van der Waals surface area contributed by atoms with Crippen molar-refractivity contribution in [1.29, 1.82) is 0 Å². The first kappa shape index (κ1) is 22.3. The molecular formula is C20H17ClF2N2O3S2. The lowest BCUT2D eigenvalue weighted by molar-refractivity contribution is -0.115. The molecule has 0 aliphatic rings. The van der Waals surface area contributed by atoms with Crippen molar-refractivity contribution in [2.24, 2.45) is 0 Å². The first-order valence-electron chi connectivity index (χ1n) is 8.61. The Morgan fingerprint density at radius 1 is 1.23 bits per heavy atom. The van der Waals surface area contributed by atoms with E-state index in [-0.39, 0.29) is 27.9 Å². The summed E-state index contributed by atoms with van der Waals surface area (Å²) in [6, 6.07) is 10.1. The largest absolute Gasteiger partial charge is 0.493 e. The van der Waals surface area contributed by atoms with Crippen molar-refractivity contribution in [2.75, 3.05) is 19.5 Å². The van der Waals surface area contributed by atoms with Gasteiger partial charge in [-0.25, -0.2) is 4.98 Å². The van der Waals surface area contributed by atoms with Crippen molar-refractivity contribution < 1.29 is 23.0 Å². The molecule has 1 heterocycles. The minimum atomic E-state index is -2.65. The van der Waals surface area contributed by atoms with Crippen molar-refractivity contribution in [3.8, 4) is 22.1 Å². The fraction of sp³-hybridized carbons (Fsp3) is 0.200. The zero-order valence-electron chi connectivity index (χ0n) is 15.9. The van der Waals surface area contributed by atoms with Gasteiger partial charge in [0.1, 0.15) is 5.01 Å². The van der Waals surface area contributed by atoms with E-state index < -0.39 is 5.76 Å². The van der Waals surface area contributed by atoms with Crippen molar-refractivity contribution in [2.45, 2.75) is 17.1 Å². The van der Waals surface area contributed by atoms with Gasteiger partial charge in [0.15, 0.2) is 11.5 Å². The smallest absolute Gasteiger partial charge is 0.289 e. The lowest BCUT2D eigenvalue weighted by Crippen LogP contribution is -2.15. The van der Waals surface area contributed by atoms with Gasteiger partial charge >= 0.3 is 0 Å². The molecule has 0 spiro atoms. The number of ether oxygens (including phenoxy) is 2. The van der Waals surface area contributed by atoms with Crippen LogP contribution in [-0.2, 0) is 11.2 Å². The Balaban J connectivity index is 1.73. The third-order valence-electron chi connectivity index (χ3n) is 3.97. The number of carbonyl (C=O) groups excluding carboxylic acids is 1. The van der Waals surface area contributed by atoms with Crippen LogP contribution in [0.15, 0.2) is 46.7 Å². The molecule has 0 aliphatic heterocycles. The Morgan fingerprint density at radius 3 is 2.70 bits per heavy atom. The maximum Gasteiger partial charge on any atom is 0.289 e. The van der Waals surface area contributed by atoms with Crippen LogP contribution in [0.2, 0.25) is 5.02 Å². The molecule has 1 amide bonds. The molecule has 0 atom stereocenters. The Labute approximate surface area is 185 Å². The number of nitrogens with zero attached hydrogens (tertiary/aromatic N) is 1. The SMILES string of the molecule is COc1ccc(-c2nc(CC(=O)Nc3cccc(Cl)c3SC(F)F)cs2)cc1OC. The molecule has 30 heavy (non-hydrogen) atoms. The van der Waals surface area contributed by atoms with Gasteiger partial charge in [-0.1, -0.05) is 29.4 Å². The molecule has 1 aromatic heterocycles. The molecule has 3 aromatic rings. The van der Waals surface area contributed by atoms with Crippen molar-refractivity contribution in [3.63, 3.8) is 0 Å². The quantitative estimate of drug-likeness (QED) is 0.410. The molecule has 158 valence electrons. The molecular weight excluding hydrogens is 454 g/mol. The molecule has 2 aromatic carbocycles. The summed E-state index contributed by atoms with van der Waals surface area (Å²) in [5.41, 5.74) is 1.63. The second-order valence-corrected chi connectivity index (χ2v) is 8.20. The highest BCUT2D eigenvalue weighted by molar-refractivity contribution is 7.99. The molecule has 0 saturated carbocycles. The summed E-state index contributed by atoms with van der Waals surface area (Å²) in [5.74, 6) is -1.84. The Morgan fingerprint density at radius 2 is 2.00 bits per heavy atom. The second-order valence-electron chi connectivity index (χ2n) is 5.93. The number of thioether (sulfide) groups is 1. The van der Waals surface area contributed by atoms with Gasteiger partial charge in [0.05, 0.1) is 41.9 Å². The number of alkyl halides is 2. The summed E-state index contributed by atoms with van der Waals surface area (Å²) in [6.07, 6.45) is -0.00487. The van der Waals surface area contributed by atoms with E-state index in [9.17, 15) is 13.6 Å². The summed E-state index contributed by atoms with van der Waals surface area (Å²) in [5, 5.41) is 5.29. The van der Waals surface area contributed by atoms with Gasteiger partial charge in [-0.3, -0.25) is 4.79 Å². The molecule has 3 rings (SSSR count). The van der Waals surface area contributed by atoms with Crippen molar-refractivity contribution in [1.82, 2.24) is 4.98 Å². The highest BCUT2D eigenvalue weighted by Crippen LogP contribution is 2.38. The predicted octanol–water partition coefficient (Wildman–Crippen LogP) is 5.98. The number of hydrogen-bond acceptors (Lipinski definition) is 6. The minimum absolute atomic E-state index is 0.00487. The third-order valence-corrected chi connectivity index (χ3v) is 6.19. The van der Waals surface area contributed by atoms with Crippen LogP contribution in [-0.4, -0.2) is 30.9 Å². The molecule has 0 bridgehead atoms. The van der Waals surface area contributed by atoms with Gasteiger partial charge in [0.25, 0.3) is 5.76 Å². The highest BCUT2D eigenvalue weighted by Gasteiger charge is 2.17.